The molecule has 0 spiro atoms. The summed E-state index contributed by atoms with van der Waals surface area (Å²) >= 11 is -2.49. The molecule has 2 unspecified atom stereocenters. The normalized spacial score (nSPS) is 13.5. The van der Waals surface area contributed by atoms with E-state index in [4.69, 9.17) is 0 Å². The van der Waals surface area contributed by atoms with Crippen LogP contribution < -0.4 is 4.31 Å². The minimum absolute atomic E-state index is 0.303. The van der Waals surface area contributed by atoms with Crippen molar-refractivity contribution in [3.05, 3.63) is 54.3 Å². The highest BCUT2D eigenvalue weighted by atomic mass is 32.2. The van der Waals surface area contributed by atoms with Gasteiger partial charge in [-0.15, -0.1) is 0 Å². The molecule has 2 aromatic carbocycles. The Morgan fingerprint density at radius 2 is 1.75 bits per heavy atom. The second kappa shape index (κ2) is 7.55. The van der Waals surface area contributed by atoms with Gasteiger partial charge in [-0.3, -0.25) is 8.86 Å². The fourth-order valence-corrected chi connectivity index (χ4v) is 3.30. The highest BCUT2D eigenvalue weighted by molar-refractivity contribution is 7.80. The maximum absolute atomic E-state index is 13.3. The molecular formula is C17H18FNO4S. The SMILES string of the molecule is CC(C)C(C(=O)O)N(c1ccc(-c2cccc(F)c2)cc1)S(=O)O. The number of nitrogens with zero attached hydrogens (tertiary/aromatic N) is 1. The van der Waals surface area contributed by atoms with Crippen LogP contribution in [0.25, 0.3) is 11.1 Å². The first kappa shape index (κ1) is 18.1. The summed E-state index contributed by atoms with van der Waals surface area (Å²) in [4.78, 5) is 11.5. The molecule has 0 aliphatic carbocycles. The van der Waals surface area contributed by atoms with Gasteiger partial charge < -0.3 is 5.11 Å². The third-order valence-corrected chi connectivity index (χ3v) is 4.36. The van der Waals surface area contributed by atoms with Gasteiger partial charge >= 0.3 is 5.97 Å². The number of benzene rings is 2. The Bertz CT molecular complexity index is 749. The average Bonchev–Trinajstić information content (AvgIpc) is 2.51. The molecule has 2 N–H and O–H groups in total. The maximum atomic E-state index is 13.3. The van der Waals surface area contributed by atoms with Gasteiger partial charge in [0, 0.05) is 0 Å². The van der Waals surface area contributed by atoms with Crippen molar-refractivity contribution >= 4 is 22.9 Å². The summed E-state index contributed by atoms with van der Waals surface area (Å²) in [5, 5.41) is 9.36. The molecule has 5 nitrogen and oxygen atoms in total. The van der Waals surface area contributed by atoms with Crippen molar-refractivity contribution in [1.82, 2.24) is 0 Å². The molecule has 2 rings (SSSR count). The zero-order valence-corrected chi connectivity index (χ0v) is 14.0. The van der Waals surface area contributed by atoms with Crippen molar-refractivity contribution < 1.29 is 23.1 Å². The molecule has 0 saturated heterocycles. The van der Waals surface area contributed by atoms with Gasteiger partial charge in [0.25, 0.3) is 11.3 Å². The number of carboxylic acid groups (broad SMARTS) is 1. The summed E-state index contributed by atoms with van der Waals surface area (Å²) < 4.78 is 35.5. The Kier molecular flexibility index (Phi) is 5.69. The maximum Gasteiger partial charge on any atom is 0.327 e. The Labute approximate surface area is 142 Å². The lowest BCUT2D eigenvalue weighted by molar-refractivity contribution is -0.139. The summed E-state index contributed by atoms with van der Waals surface area (Å²) in [6.45, 7) is 3.33. The van der Waals surface area contributed by atoms with E-state index in [0.29, 0.717) is 11.3 Å². The summed E-state index contributed by atoms with van der Waals surface area (Å²) in [6, 6.07) is 11.3. The highest BCUT2D eigenvalue weighted by Gasteiger charge is 2.32. The molecule has 0 saturated carbocycles. The largest absolute Gasteiger partial charge is 0.480 e. The van der Waals surface area contributed by atoms with E-state index >= 15 is 0 Å². The molecule has 128 valence electrons. The first-order valence-corrected chi connectivity index (χ1v) is 8.36. The van der Waals surface area contributed by atoms with E-state index in [1.807, 2.05) is 0 Å². The van der Waals surface area contributed by atoms with Crippen LogP contribution in [-0.4, -0.2) is 25.9 Å². The van der Waals surface area contributed by atoms with Crippen LogP contribution in [0.2, 0.25) is 0 Å². The fraction of sp³-hybridized carbons (Fsp3) is 0.235. The van der Waals surface area contributed by atoms with Gasteiger partial charge in [-0.1, -0.05) is 38.1 Å². The third kappa shape index (κ3) is 3.98. The van der Waals surface area contributed by atoms with Crippen molar-refractivity contribution in [3.8, 4) is 11.1 Å². The molecule has 2 atom stereocenters. The minimum Gasteiger partial charge on any atom is -0.480 e. The van der Waals surface area contributed by atoms with E-state index in [0.717, 1.165) is 9.87 Å². The van der Waals surface area contributed by atoms with Crippen LogP contribution in [0.1, 0.15) is 13.8 Å². The number of carboxylic acids is 1. The van der Waals surface area contributed by atoms with Crippen LogP contribution in [0.4, 0.5) is 10.1 Å². The average molecular weight is 351 g/mol. The topological polar surface area (TPSA) is 77.8 Å². The lowest BCUT2D eigenvalue weighted by atomic mass is 10.0. The van der Waals surface area contributed by atoms with Crippen molar-refractivity contribution in [1.29, 1.82) is 0 Å². The van der Waals surface area contributed by atoms with Crippen molar-refractivity contribution in [3.63, 3.8) is 0 Å². The quantitative estimate of drug-likeness (QED) is 0.780. The van der Waals surface area contributed by atoms with Crippen LogP contribution in [-0.2, 0) is 16.1 Å². The summed E-state index contributed by atoms with van der Waals surface area (Å²) in [6.07, 6.45) is 0. The first-order valence-electron chi connectivity index (χ1n) is 7.30. The second-order valence-corrected chi connectivity index (χ2v) is 6.50. The molecule has 0 aliphatic heterocycles. The third-order valence-electron chi connectivity index (χ3n) is 3.59. The predicted molar refractivity (Wildman–Crippen MR) is 91.3 cm³/mol. The number of carbonyl (C=O) groups is 1. The zero-order valence-electron chi connectivity index (χ0n) is 13.2. The van der Waals surface area contributed by atoms with E-state index in [1.54, 1.807) is 50.2 Å². The summed E-state index contributed by atoms with van der Waals surface area (Å²) in [5.74, 6) is -1.91. The Morgan fingerprint density at radius 1 is 1.12 bits per heavy atom. The molecule has 2 aromatic rings. The van der Waals surface area contributed by atoms with Crippen LogP contribution in [0.3, 0.4) is 0 Å². The molecule has 0 aromatic heterocycles. The number of aliphatic carboxylic acids is 1. The lowest BCUT2D eigenvalue weighted by Crippen LogP contribution is -2.45. The molecule has 0 fully saturated rings. The number of rotatable bonds is 6. The van der Waals surface area contributed by atoms with Crippen molar-refractivity contribution in [2.24, 2.45) is 5.92 Å². The van der Waals surface area contributed by atoms with Gasteiger partial charge in [-0.25, -0.2) is 13.4 Å². The minimum atomic E-state index is -2.49. The standard InChI is InChI=1S/C17H18FNO4S/c1-11(2)16(17(20)21)19(24(22)23)15-8-6-12(7-9-15)13-4-3-5-14(18)10-13/h3-11,16H,1-2H3,(H,20,21)(H,22,23). The first-order chi connectivity index (χ1) is 11.3. The van der Waals surface area contributed by atoms with Crippen molar-refractivity contribution in [2.75, 3.05) is 4.31 Å². The molecule has 0 amide bonds. The summed E-state index contributed by atoms with van der Waals surface area (Å²) in [5.41, 5.74) is 1.69. The number of halogens is 1. The van der Waals surface area contributed by atoms with E-state index in [9.17, 15) is 23.1 Å². The van der Waals surface area contributed by atoms with Gasteiger partial charge in [0.1, 0.15) is 11.9 Å². The van der Waals surface area contributed by atoms with Gasteiger partial charge in [-0.05, 0) is 41.3 Å². The Hall–Kier alpha value is -2.25. The van der Waals surface area contributed by atoms with Crippen molar-refractivity contribution in [2.45, 2.75) is 19.9 Å². The summed E-state index contributed by atoms with van der Waals surface area (Å²) in [7, 11) is 0. The highest BCUT2D eigenvalue weighted by Crippen LogP contribution is 2.27. The van der Waals surface area contributed by atoms with Gasteiger partial charge in [0.2, 0.25) is 0 Å². The van der Waals surface area contributed by atoms with E-state index in [2.05, 4.69) is 0 Å². The number of hydrogen-bond acceptors (Lipinski definition) is 2. The van der Waals surface area contributed by atoms with Crippen LogP contribution >= 0.6 is 0 Å². The monoisotopic (exact) mass is 351 g/mol. The molecule has 0 radical (unpaired) electrons. The lowest BCUT2D eigenvalue weighted by Gasteiger charge is -2.29. The molecule has 7 heteroatoms. The molecular weight excluding hydrogens is 333 g/mol. The Morgan fingerprint density at radius 3 is 2.21 bits per heavy atom. The van der Waals surface area contributed by atoms with E-state index < -0.39 is 23.3 Å². The zero-order chi connectivity index (χ0) is 17.9. The Balaban J connectivity index is 2.39. The van der Waals surface area contributed by atoms with Crippen LogP contribution in [0, 0.1) is 11.7 Å². The van der Waals surface area contributed by atoms with Crippen LogP contribution in [0.15, 0.2) is 48.5 Å². The fourth-order valence-electron chi connectivity index (χ4n) is 2.47. The number of hydrogen-bond donors (Lipinski definition) is 2. The second-order valence-electron chi connectivity index (χ2n) is 5.64. The van der Waals surface area contributed by atoms with E-state index in [-0.39, 0.29) is 11.7 Å². The molecule has 0 heterocycles. The van der Waals surface area contributed by atoms with Gasteiger partial charge in [0.05, 0.1) is 5.69 Å². The molecule has 0 aliphatic rings. The van der Waals surface area contributed by atoms with Crippen LogP contribution in [0.5, 0.6) is 0 Å². The van der Waals surface area contributed by atoms with Gasteiger partial charge in [-0.2, -0.15) is 0 Å². The van der Waals surface area contributed by atoms with Gasteiger partial charge in [0.15, 0.2) is 0 Å². The number of anilines is 1. The predicted octanol–water partition coefficient (Wildman–Crippen LogP) is 3.55. The molecule has 0 bridgehead atoms. The molecule has 24 heavy (non-hydrogen) atoms. The smallest absolute Gasteiger partial charge is 0.327 e. The van der Waals surface area contributed by atoms with E-state index in [1.165, 1.54) is 12.1 Å².